The molecule has 6 nitrogen and oxygen atoms in total. The summed E-state index contributed by atoms with van der Waals surface area (Å²) in [5, 5.41) is 13.4. The summed E-state index contributed by atoms with van der Waals surface area (Å²) in [6.07, 6.45) is -2.02. The monoisotopic (exact) mass is 286 g/mol. The van der Waals surface area contributed by atoms with Crippen LogP contribution in [0.1, 0.15) is 5.56 Å². The molecule has 5 N–H and O–H groups in total. The van der Waals surface area contributed by atoms with Crippen LogP contribution in [0.3, 0.4) is 0 Å². The lowest BCUT2D eigenvalue weighted by Gasteiger charge is -2.04. The summed E-state index contributed by atoms with van der Waals surface area (Å²) in [7, 11) is -3.80. The predicted molar refractivity (Wildman–Crippen MR) is 65.2 cm³/mol. The zero-order chi connectivity index (χ0) is 14.6. The second kappa shape index (κ2) is 5.79. The van der Waals surface area contributed by atoms with Crippen molar-refractivity contribution in [3.05, 3.63) is 29.8 Å². The quantitative estimate of drug-likeness (QED) is 0.642. The molecule has 0 saturated heterocycles. The third kappa shape index (κ3) is 4.33. The molecule has 102 valence electrons. The van der Waals surface area contributed by atoms with Gasteiger partial charge in [0.2, 0.25) is 10.0 Å². The maximum Gasteiger partial charge on any atom is 0.324 e. The van der Waals surface area contributed by atoms with E-state index in [1.807, 2.05) is 5.92 Å². The molecule has 0 saturated carbocycles. The fourth-order valence-electron chi connectivity index (χ4n) is 1.10. The van der Waals surface area contributed by atoms with Crippen LogP contribution in [-0.4, -0.2) is 31.7 Å². The lowest BCUT2D eigenvalue weighted by Crippen LogP contribution is -2.38. The molecule has 2 atom stereocenters. The lowest BCUT2D eigenvalue weighted by molar-refractivity contribution is -0.139. The number of nitrogens with two attached hydrogens (primary N) is 2. The van der Waals surface area contributed by atoms with Crippen LogP contribution in [0.5, 0.6) is 0 Å². The van der Waals surface area contributed by atoms with E-state index in [1.54, 1.807) is 0 Å². The summed E-state index contributed by atoms with van der Waals surface area (Å²) < 4.78 is 35.2. The highest BCUT2D eigenvalue weighted by Crippen LogP contribution is 2.08. The van der Waals surface area contributed by atoms with Gasteiger partial charge in [-0.25, -0.2) is 17.9 Å². The molecule has 0 heterocycles. The molecule has 1 aromatic rings. The number of hydrogen-bond donors (Lipinski definition) is 3. The molecule has 8 heteroatoms. The Hall–Kier alpha value is -1.95. The van der Waals surface area contributed by atoms with Crippen molar-refractivity contribution < 1.29 is 22.7 Å². The summed E-state index contributed by atoms with van der Waals surface area (Å²) in [6.45, 7) is 0. The van der Waals surface area contributed by atoms with Gasteiger partial charge in [-0.05, 0) is 24.3 Å². The Morgan fingerprint density at radius 2 is 1.84 bits per heavy atom. The number of carboxylic acid groups (broad SMARTS) is 1. The number of aliphatic carboxylic acids is 1. The first-order valence-electron chi connectivity index (χ1n) is 4.98. The molecule has 1 aromatic carbocycles. The fraction of sp³-hybridized carbons (Fsp3) is 0.182. The first-order valence-corrected chi connectivity index (χ1v) is 6.53. The number of primary sulfonamides is 1. The first kappa shape index (κ1) is 15.1. The van der Waals surface area contributed by atoms with E-state index in [0.717, 1.165) is 0 Å². The van der Waals surface area contributed by atoms with Crippen molar-refractivity contribution in [3.8, 4) is 11.8 Å². The summed E-state index contributed by atoms with van der Waals surface area (Å²) in [6, 6.07) is 3.35. The van der Waals surface area contributed by atoms with Crippen LogP contribution >= 0.6 is 0 Å². The number of carboxylic acids is 1. The summed E-state index contributed by atoms with van der Waals surface area (Å²) in [5.74, 6) is 2.90. The topological polar surface area (TPSA) is 123 Å². The summed E-state index contributed by atoms with van der Waals surface area (Å²) >= 11 is 0. The average molecular weight is 286 g/mol. The van der Waals surface area contributed by atoms with Crippen molar-refractivity contribution in [2.75, 3.05) is 0 Å². The molecule has 0 aliphatic carbocycles. The van der Waals surface area contributed by atoms with Crippen molar-refractivity contribution in [1.29, 1.82) is 0 Å². The Bertz CT molecular complexity index is 631. The van der Waals surface area contributed by atoms with Gasteiger partial charge >= 0.3 is 5.97 Å². The molecule has 0 fully saturated rings. The van der Waals surface area contributed by atoms with E-state index < -0.39 is 28.2 Å². The molecular weight excluding hydrogens is 275 g/mol. The number of benzene rings is 1. The standard InChI is InChI=1S/C11H11FN2O4S/c12-9(10(13)11(15)16)6-3-7-1-4-8(5-2-7)19(14,17)18/h1-2,4-5,9-10H,13H2,(H,15,16)(H2,14,17,18). The van der Waals surface area contributed by atoms with Crippen molar-refractivity contribution in [1.82, 2.24) is 0 Å². The van der Waals surface area contributed by atoms with Crippen molar-refractivity contribution in [3.63, 3.8) is 0 Å². The molecule has 0 bridgehead atoms. The number of rotatable bonds is 3. The average Bonchev–Trinajstić information content (AvgIpc) is 2.34. The maximum atomic E-state index is 13.2. The van der Waals surface area contributed by atoms with E-state index in [1.165, 1.54) is 24.3 Å². The lowest BCUT2D eigenvalue weighted by atomic mass is 10.1. The minimum Gasteiger partial charge on any atom is -0.480 e. The number of halogens is 1. The molecule has 0 aliphatic rings. The van der Waals surface area contributed by atoms with Gasteiger partial charge in [-0.3, -0.25) is 4.79 Å². The van der Waals surface area contributed by atoms with Gasteiger partial charge in [-0.15, -0.1) is 0 Å². The number of hydrogen-bond acceptors (Lipinski definition) is 4. The van der Waals surface area contributed by atoms with E-state index in [-0.39, 0.29) is 4.90 Å². The Balaban J connectivity index is 2.88. The van der Waals surface area contributed by atoms with Gasteiger partial charge in [0.05, 0.1) is 4.90 Å². The second-order valence-corrected chi connectivity index (χ2v) is 5.17. The van der Waals surface area contributed by atoms with E-state index in [9.17, 15) is 17.6 Å². The first-order chi connectivity index (χ1) is 8.71. The molecule has 0 spiro atoms. The van der Waals surface area contributed by atoms with Crippen LogP contribution in [0.25, 0.3) is 0 Å². The smallest absolute Gasteiger partial charge is 0.324 e. The third-order valence-electron chi connectivity index (χ3n) is 2.14. The fourth-order valence-corrected chi connectivity index (χ4v) is 1.61. The van der Waals surface area contributed by atoms with Crippen LogP contribution in [0.4, 0.5) is 4.39 Å². The number of sulfonamides is 1. The normalized spacial score (nSPS) is 14.1. The largest absolute Gasteiger partial charge is 0.480 e. The molecule has 2 unspecified atom stereocenters. The zero-order valence-corrected chi connectivity index (χ0v) is 10.4. The van der Waals surface area contributed by atoms with E-state index in [2.05, 4.69) is 5.92 Å². The second-order valence-electron chi connectivity index (χ2n) is 3.60. The highest BCUT2D eigenvalue weighted by molar-refractivity contribution is 7.89. The number of alkyl halides is 1. The Morgan fingerprint density at radius 1 is 1.32 bits per heavy atom. The molecule has 0 radical (unpaired) electrons. The van der Waals surface area contributed by atoms with Crippen LogP contribution < -0.4 is 10.9 Å². The SMILES string of the molecule is NC(C(=O)O)C(F)C#Cc1ccc(S(N)(=O)=O)cc1. The maximum absolute atomic E-state index is 13.2. The molecule has 0 aromatic heterocycles. The molecule has 19 heavy (non-hydrogen) atoms. The van der Waals surface area contributed by atoms with Crippen molar-refractivity contribution in [2.24, 2.45) is 10.9 Å². The third-order valence-corrected chi connectivity index (χ3v) is 3.07. The van der Waals surface area contributed by atoms with Crippen LogP contribution in [0.2, 0.25) is 0 Å². The zero-order valence-electron chi connectivity index (χ0n) is 9.58. The summed E-state index contributed by atoms with van der Waals surface area (Å²) in [5.41, 5.74) is 5.35. The summed E-state index contributed by atoms with van der Waals surface area (Å²) in [4.78, 5) is 10.3. The molecule has 1 rings (SSSR count). The van der Waals surface area contributed by atoms with Gasteiger partial charge in [0, 0.05) is 5.56 Å². The van der Waals surface area contributed by atoms with Crippen LogP contribution in [0, 0.1) is 11.8 Å². The van der Waals surface area contributed by atoms with Crippen LogP contribution in [-0.2, 0) is 14.8 Å². The van der Waals surface area contributed by atoms with Gasteiger partial charge in [0.15, 0.2) is 6.17 Å². The van der Waals surface area contributed by atoms with Gasteiger partial charge in [0.25, 0.3) is 0 Å². The van der Waals surface area contributed by atoms with Gasteiger partial charge in [-0.1, -0.05) is 11.8 Å². The Kier molecular flexibility index (Phi) is 4.61. The highest BCUT2D eigenvalue weighted by Gasteiger charge is 2.21. The van der Waals surface area contributed by atoms with Gasteiger partial charge in [0.1, 0.15) is 6.04 Å². The minimum absolute atomic E-state index is 0.0999. The van der Waals surface area contributed by atoms with Gasteiger partial charge < -0.3 is 10.8 Å². The minimum atomic E-state index is -3.80. The molecule has 0 amide bonds. The number of carbonyl (C=O) groups is 1. The molecule has 0 aliphatic heterocycles. The van der Waals surface area contributed by atoms with Crippen LogP contribution in [0.15, 0.2) is 29.2 Å². The molecular formula is C11H11FN2O4S. The Labute approximate surface area is 109 Å². The van der Waals surface area contributed by atoms with Gasteiger partial charge in [-0.2, -0.15) is 0 Å². The van der Waals surface area contributed by atoms with Crippen molar-refractivity contribution in [2.45, 2.75) is 17.1 Å². The van der Waals surface area contributed by atoms with E-state index >= 15 is 0 Å². The van der Waals surface area contributed by atoms with E-state index in [0.29, 0.717) is 5.56 Å². The highest BCUT2D eigenvalue weighted by atomic mass is 32.2. The van der Waals surface area contributed by atoms with E-state index in [4.69, 9.17) is 16.0 Å². The van der Waals surface area contributed by atoms with Crippen molar-refractivity contribution >= 4 is 16.0 Å². The predicted octanol–water partition coefficient (Wildman–Crippen LogP) is -0.564. The Morgan fingerprint density at radius 3 is 2.26 bits per heavy atom.